The van der Waals surface area contributed by atoms with E-state index < -0.39 is 0 Å². The van der Waals surface area contributed by atoms with Gasteiger partial charge in [0.15, 0.2) is 5.15 Å². The minimum Gasteiger partial charge on any atom is -0.344 e. The summed E-state index contributed by atoms with van der Waals surface area (Å²) in [4.78, 5) is 7.50. The third-order valence-electron chi connectivity index (χ3n) is 3.12. The molecule has 0 amide bonds. The number of H-pyrrole nitrogens is 1. The summed E-state index contributed by atoms with van der Waals surface area (Å²) in [7, 11) is 0. The maximum atomic E-state index is 13.5. The highest BCUT2D eigenvalue weighted by Gasteiger charge is 2.08. The molecule has 0 atom stereocenters. The van der Waals surface area contributed by atoms with Gasteiger partial charge in [0.05, 0.1) is 5.69 Å². The fourth-order valence-corrected chi connectivity index (χ4v) is 2.20. The van der Waals surface area contributed by atoms with Crippen LogP contribution in [0.25, 0.3) is 0 Å². The van der Waals surface area contributed by atoms with Crippen molar-refractivity contribution >= 4 is 11.6 Å². The minimum absolute atomic E-state index is 0.195. The number of benzene rings is 1. The van der Waals surface area contributed by atoms with E-state index in [1.54, 1.807) is 12.1 Å². The maximum absolute atomic E-state index is 13.5. The first-order valence-corrected chi connectivity index (χ1v) is 7.26. The smallest absolute Gasteiger partial charge is 0.151 e. The molecule has 108 valence electrons. The summed E-state index contributed by atoms with van der Waals surface area (Å²) in [6, 6.07) is 6.74. The number of nitrogens with zero attached hydrogens (tertiary/aromatic N) is 1. The lowest BCUT2D eigenvalue weighted by Crippen LogP contribution is -2.14. The van der Waals surface area contributed by atoms with Crippen LogP contribution in [0.1, 0.15) is 36.8 Å². The number of hydrogen-bond acceptors (Lipinski definition) is 2. The molecule has 0 spiro atoms. The van der Waals surface area contributed by atoms with Gasteiger partial charge in [-0.15, -0.1) is 0 Å². The first-order valence-electron chi connectivity index (χ1n) is 6.88. The number of aromatic nitrogens is 2. The predicted molar refractivity (Wildman–Crippen MR) is 79.2 cm³/mol. The lowest BCUT2D eigenvalue weighted by molar-refractivity contribution is 0.586. The zero-order valence-corrected chi connectivity index (χ0v) is 12.3. The Labute approximate surface area is 123 Å². The molecule has 0 fully saturated rings. The van der Waals surface area contributed by atoms with E-state index in [4.69, 9.17) is 11.6 Å². The lowest BCUT2D eigenvalue weighted by atomic mass is 10.2. The van der Waals surface area contributed by atoms with Gasteiger partial charge in [-0.05, 0) is 12.5 Å². The number of aromatic amines is 1. The highest BCUT2D eigenvalue weighted by atomic mass is 35.5. The number of hydrogen-bond donors (Lipinski definition) is 2. The second-order valence-electron chi connectivity index (χ2n) is 4.75. The zero-order chi connectivity index (χ0) is 14.4. The second kappa shape index (κ2) is 7.41. The fraction of sp³-hybridized carbons (Fsp3) is 0.400. The van der Waals surface area contributed by atoms with Crippen molar-refractivity contribution in [2.24, 2.45) is 0 Å². The molecule has 0 unspecified atom stereocenters. The Morgan fingerprint density at radius 1 is 1.30 bits per heavy atom. The summed E-state index contributed by atoms with van der Waals surface area (Å²) in [6.07, 6.45) is 3.12. The van der Waals surface area contributed by atoms with Crippen LogP contribution in [0, 0.1) is 5.82 Å². The summed E-state index contributed by atoms with van der Waals surface area (Å²) in [5.41, 5.74) is 1.50. The van der Waals surface area contributed by atoms with Gasteiger partial charge in [0.2, 0.25) is 0 Å². The monoisotopic (exact) mass is 295 g/mol. The molecule has 2 rings (SSSR count). The highest BCUT2D eigenvalue weighted by Crippen LogP contribution is 2.14. The van der Waals surface area contributed by atoms with Gasteiger partial charge in [0.25, 0.3) is 0 Å². The quantitative estimate of drug-likeness (QED) is 0.815. The van der Waals surface area contributed by atoms with E-state index in [0.29, 0.717) is 23.8 Å². The average Bonchev–Trinajstić information content (AvgIpc) is 2.79. The van der Waals surface area contributed by atoms with Gasteiger partial charge in [-0.1, -0.05) is 43.1 Å². The fourth-order valence-electron chi connectivity index (χ4n) is 1.98. The van der Waals surface area contributed by atoms with Crippen molar-refractivity contribution in [3.8, 4) is 0 Å². The van der Waals surface area contributed by atoms with E-state index in [2.05, 4.69) is 22.2 Å². The summed E-state index contributed by atoms with van der Waals surface area (Å²) >= 11 is 6.08. The summed E-state index contributed by atoms with van der Waals surface area (Å²) in [5, 5.41) is 3.67. The summed E-state index contributed by atoms with van der Waals surface area (Å²) in [5.74, 6) is 0.721. The molecule has 0 aliphatic heterocycles. The van der Waals surface area contributed by atoms with Crippen molar-refractivity contribution in [1.82, 2.24) is 15.3 Å². The van der Waals surface area contributed by atoms with E-state index in [0.717, 1.165) is 30.8 Å². The van der Waals surface area contributed by atoms with Crippen LogP contribution in [0.4, 0.5) is 4.39 Å². The topological polar surface area (TPSA) is 40.7 Å². The Balaban J connectivity index is 1.88. The van der Waals surface area contributed by atoms with E-state index in [1.165, 1.54) is 6.07 Å². The highest BCUT2D eigenvalue weighted by molar-refractivity contribution is 6.30. The molecule has 1 aromatic heterocycles. The summed E-state index contributed by atoms with van der Waals surface area (Å²) in [6.45, 7) is 3.15. The van der Waals surface area contributed by atoms with Crippen LogP contribution in [0.5, 0.6) is 0 Å². The molecule has 2 aromatic rings. The third-order valence-corrected chi connectivity index (χ3v) is 3.43. The van der Waals surface area contributed by atoms with E-state index >= 15 is 0 Å². The molecule has 3 nitrogen and oxygen atoms in total. The molecule has 20 heavy (non-hydrogen) atoms. The third kappa shape index (κ3) is 4.05. The molecule has 5 heteroatoms. The molecule has 0 aliphatic carbocycles. The van der Waals surface area contributed by atoms with Crippen LogP contribution in [0.15, 0.2) is 24.3 Å². The van der Waals surface area contributed by atoms with Gasteiger partial charge in [-0.2, -0.15) is 0 Å². The Bertz CT molecular complexity index is 554. The number of unbranched alkanes of at least 4 members (excludes halogenated alkanes) is 1. The zero-order valence-electron chi connectivity index (χ0n) is 11.5. The van der Waals surface area contributed by atoms with Crippen LogP contribution in [-0.4, -0.2) is 9.97 Å². The Morgan fingerprint density at radius 2 is 2.10 bits per heavy atom. The van der Waals surface area contributed by atoms with E-state index in [9.17, 15) is 4.39 Å². The second-order valence-corrected chi connectivity index (χ2v) is 5.11. The van der Waals surface area contributed by atoms with E-state index in [-0.39, 0.29) is 5.82 Å². The van der Waals surface area contributed by atoms with Crippen LogP contribution < -0.4 is 5.32 Å². The molecule has 0 saturated heterocycles. The molecule has 1 heterocycles. The van der Waals surface area contributed by atoms with Gasteiger partial charge in [0, 0.05) is 25.1 Å². The number of imidazole rings is 1. The average molecular weight is 296 g/mol. The Hall–Kier alpha value is -1.39. The van der Waals surface area contributed by atoms with E-state index in [1.807, 2.05) is 6.07 Å². The van der Waals surface area contributed by atoms with Gasteiger partial charge < -0.3 is 10.3 Å². The van der Waals surface area contributed by atoms with Crippen LogP contribution in [-0.2, 0) is 19.5 Å². The molecular weight excluding hydrogens is 277 g/mol. The predicted octanol–water partition coefficient (Wildman–Crippen LogP) is 3.83. The maximum Gasteiger partial charge on any atom is 0.151 e. The largest absolute Gasteiger partial charge is 0.344 e. The van der Waals surface area contributed by atoms with Gasteiger partial charge in [-0.3, -0.25) is 0 Å². The molecule has 0 saturated carbocycles. The number of nitrogens with one attached hydrogen (secondary N) is 2. The Morgan fingerprint density at radius 3 is 2.85 bits per heavy atom. The Kier molecular flexibility index (Phi) is 5.56. The van der Waals surface area contributed by atoms with Crippen molar-refractivity contribution < 1.29 is 4.39 Å². The standard InChI is InChI=1S/C15H19ClFN3/c1-2-3-8-14-19-13(15(16)20-14)10-18-9-11-6-4-5-7-12(11)17/h4-7,18H,2-3,8-10H2,1H3,(H,19,20). The van der Waals surface area contributed by atoms with Gasteiger partial charge >= 0.3 is 0 Å². The van der Waals surface area contributed by atoms with Crippen LogP contribution in [0.3, 0.4) is 0 Å². The lowest BCUT2D eigenvalue weighted by Gasteiger charge is -2.04. The SMILES string of the molecule is CCCCc1nc(Cl)c(CNCc2ccccc2F)[nH]1. The molecular formula is C15H19ClFN3. The van der Waals surface area contributed by atoms with Crippen molar-refractivity contribution in [2.45, 2.75) is 39.3 Å². The van der Waals surface area contributed by atoms with Crippen molar-refractivity contribution in [2.75, 3.05) is 0 Å². The normalized spacial score (nSPS) is 10.9. The number of halogens is 2. The van der Waals surface area contributed by atoms with Crippen molar-refractivity contribution in [3.05, 3.63) is 52.3 Å². The van der Waals surface area contributed by atoms with Crippen LogP contribution >= 0.6 is 11.6 Å². The number of rotatable bonds is 7. The minimum atomic E-state index is -0.195. The first-order chi connectivity index (χ1) is 9.70. The van der Waals surface area contributed by atoms with Crippen molar-refractivity contribution in [3.63, 3.8) is 0 Å². The molecule has 0 radical (unpaired) electrons. The van der Waals surface area contributed by atoms with Crippen LogP contribution in [0.2, 0.25) is 5.15 Å². The molecule has 1 aromatic carbocycles. The van der Waals surface area contributed by atoms with Gasteiger partial charge in [0.1, 0.15) is 11.6 Å². The summed E-state index contributed by atoms with van der Waals surface area (Å²) < 4.78 is 13.5. The van der Waals surface area contributed by atoms with Gasteiger partial charge in [-0.25, -0.2) is 9.37 Å². The van der Waals surface area contributed by atoms with Crippen molar-refractivity contribution in [1.29, 1.82) is 0 Å². The first kappa shape index (κ1) is 15.0. The number of aryl methyl sites for hydroxylation is 1. The molecule has 0 bridgehead atoms. The molecule has 0 aliphatic rings. The molecule has 2 N–H and O–H groups in total.